The van der Waals surface area contributed by atoms with Crippen molar-refractivity contribution in [2.45, 2.75) is 32.1 Å². The Morgan fingerprint density at radius 1 is 1.06 bits per heavy atom. The summed E-state index contributed by atoms with van der Waals surface area (Å²) in [6.45, 7) is 0. The van der Waals surface area contributed by atoms with Crippen molar-refractivity contribution in [2.24, 2.45) is 17.8 Å². The molecule has 17 heavy (non-hydrogen) atoms. The number of carbonyl (C=O) groups is 1. The van der Waals surface area contributed by atoms with Crippen LogP contribution >= 0.6 is 0 Å². The van der Waals surface area contributed by atoms with Crippen LogP contribution in [-0.2, 0) is 4.79 Å². The predicted molar refractivity (Wildman–Crippen MR) is 68.6 cm³/mol. The van der Waals surface area contributed by atoms with Crippen LogP contribution in [0.4, 0.5) is 5.69 Å². The van der Waals surface area contributed by atoms with Crippen LogP contribution < -0.4 is 5.32 Å². The molecule has 2 heteroatoms. The third-order valence-corrected chi connectivity index (χ3v) is 4.40. The predicted octanol–water partition coefficient (Wildman–Crippen LogP) is 3.45. The third-order valence-electron chi connectivity index (χ3n) is 4.40. The Morgan fingerprint density at radius 2 is 1.71 bits per heavy atom. The Labute approximate surface area is 102 Å². The van der Waals surface area contributed by atoms with E-state index in [0.29, 0.717) is 0 Å². The van der Waals surface area contributed by atoms with Crippen LogP contribution in [0, 0.1) is 17.8 Å². The zero-order valence-corrected chi connectivity index (χ0v) is 10.1. The molecule has 1 aromatic carbocycles. The zero-order chi connectivity index (χ0) is 11.7. The molecule has 2 unspecified atom stereocenters. The van der Waals surface area contributed by atoms with Gasteiger partial charge in [-0.2, -0.15) is 0 Å². The molecule has 1 aromatic rings. The van der Waals surface area contributed by atoms with Gasteiger partial charge < -0.3 is 5.32 Å². The van der Waals surface area contributed by atoms with Crippen molar-refractivity contribution in [3.63, 3.8) is 0 Å². The van der Waals surface area contributed by atoms with Crippen LogP contribution in [0.25, 0.3) is 0 Å². The Morgan fingerprint density at radius 3 is 2.35 bits per heavy atom. The van der Waals surface area contributed by atoms with Crippen LogP contribution in [0.2, 0.25) is 0 Å². The number of amides is 1. The molecule has 3 rings (SSSR count). The minimum Gasteiger partial charge on any atom is -0.326 e. The van der Waals surface area contributed by atoms with Crippen molar-refractivity contribution in [2.75, 3.05) is 5.32 Å². The van der Waals surface area contributed by atoms with Gasteiger partial charge in [0.2, 0.25) is 5.91 Å². The second-order valence-electron chi connectivity index (χ2n) is 5.47. The topological polar surface area (TPSA) is 29.1 Å². The fraction of sp³-hybridized carbons (Fsp3) is 0.533. The van der Waals surface area contributed by atoms with Crippen LogP contribution in [0.15, 0.2) is 30.3 Å². The number of carbonyl (C=O) groups excluding carboxylic acids is 1. The molecule has 2 aliphatic carbocycles. The molecule has 0 spiro atoms. The van der Waals surface area contributed by atoms with Crippen LogP contribution in [0.1, 0.15) is 32.1 Å². The van der Waals surface area contributed by atoms with Crippen molar-refractivity contribution in [1.29, 1.82) is 0 Å². The van der Waals surface area contributed by atoms with E-state index in [1.54, 1.807) is 0 Å². The van der Waals surface area contributed by atoms with E-state index in [1.165, 1.54) is 19.3 Å². The lowest BCUT2D eigenvalue weighted by Gasteiger charge is -2.11. The van der Waals surface area contributed by atoms with Gasteiger partial charge in [-0.25, -0.2) is 0 Å². The van der Waals surface area contributed by atoms with Gasteiger partial charge in [0.1, 0.15) is 0 Å². The van der Waals surface area contributed by atoms with Crippen LogP contribution in [0.5, 0.6) is 0 Å². The number of hydrogen-bond donors (Lipinski definition) is 1. The zero-order valence-electron chi connectivity index (χ0n) is 10.1. The van der Waals surface area contributed by atoms with Crippen molar-refractivity contribution >= 4 is 11.6 Å². The van der Waals surface area contributed by atoms with E-state index in [2.05, 4.69) is 5.32 Å². The number of hydrogen-bond acceptors (Lipinski definition) is 1. The Balaban J connectivity index is 1.61. The molecule has 1 amide bonds. The molecule has 0 saturated heterocycles. The maximum absolute atomic E-state index is 12.1. The van der Waals surface area contributed by atoms with Crippen molar-refractivity contribution in [1.82, 2.24) is 0 Å². The molecular weight excluding hydrogens is 210 g/mol. The van der Waals surface area contributed by atoms with Gasteiger partial charge in [0.15, 0.2) is 0 Å². The quantitative estimate of drug-likeness (QED) is 0.826. The van der Waals surface area contributed by atoms with Crippen molar-refractivity contribution < 1.29 is 4.79 Å². The first kappa shape index (κ1) is 10.8. The molecule has 2 saturated carbocycles. The van der Waals surface area contributed by atoms with Gasteiger partial charge in [-0.05, 0) is 36.8 Å². The van der Waals surface area contributed by atoms with E-state index in [0.717, 1.165) is 30.4 Å². The number of fused-ring (bicyclic) bond motifs is 1. The molecule has 0 radical (unpaired) electrons. The minimum atomic E-state index is 0.227. The highest BCUT2D eigenvalue weighted by Gasteiger charge is 2.39. The highest BCUT2D eigenvalue weighted by Crippen LogP contribution is 2.46. The lowest BCUT2D eigenvalue weighted by Crippen LogP contribution is -2.21. The molecule has 0 bridgehead atoms. The lowest BCUT2D eigenvalue weighted by atomic mass is 10.0. The summed E-state index contributed by atoms with van der Waals surface area (Å²) in [5.74, 6) is 2.15. The third kappa shape index (κ3) is 2.21. The van der Waals surface area contributed by atoms with Crippen molar-refractivity contribution in [3.05, 3.63) is 30.3 Å². The fourth-order valence-corrected chi connectivity index (χ4v) is 3.54. The van der Waals surface area contributed by atoms with Crippen LogP contribution in [-0.4, -0.2) is 5.91 Å². The summed E-state index contributed by atoms with van der Waals surface area (Å²) in [6, 6.07) is 9.79. The maximum atomic E-state index is 12.1. The normalized spacial score (nSPS) is 31.2. The van der Waals surface area contributed by atoms with Gasteiger partial charge in [-0.1, -0.05) is 37.5 Å². The molecular formula is C15H19NO. The minimum absolute atomic E-state index is 0.227. The van der Waals surface area contributed by atoms with E-state index in [9.17, 15) is 4.79 Å². The number of para-hydroxylation sites is 1. The second-order valence-corrected chi connectivity index (χ2v) is 5.47. The summed E-state index contributed by atoms with van der Waals surface area (Å²) >= 11 is 0. The summed E-state index contributed by atoms with van der Waals surface area (Å²) in [4.78, 5) is 12.1. The molecule has 0 aromatic heterocycles. The summed E-state index contributed by atoms with van der Waals surface area (Å²) in [7, 11) is 0. The monoisotopic (exact) mass is 229 g/mol. The van der Waals surface area contributed by atoms with E-state index in [4.69, 9.17) is 0 Å². The first-order chi connectivity index (χ1) is 8.33. The van der Waals surface area contributed by atoms with E-state index in [1.807, 2.05) is 30.3 Å². The first-order valence-electron chi connectivity index (χ1n) is 6.69. The number of benzene rings is 1. The summed E-state index contributed by atoms with van der Waals surface area (Å²) < 4.78 is 0. The van der Waals surface area contributed by atoms with Gasteiger partial charge in [0, 0.05) is 11.6 Å². The van der Waals surface area contributed by atoms with Gasteiger partial charge in [0.25, 0.3) is 0 Å². The van der Waals surface area contributed by atoms with Crippen molar-refractivity contribution in [3.8, 4) is 0 Å². The molecule has 2 nitrogen and oxygen atoms in total. The lowest BCUT2D eigenvalue weighted by molar-refractivity contribution is -0.119. The van der Waals surface area contributed by atoms with E-state index in [-0.39, 0.29) is 11.8 Å². The Hall–Kier alpha value is -1.31. The van der Waals surface area contributed by atoms with E-state index >= 15 is 0 Å². The molecule has 0 heterocycles. The number of nitrogens with one attached hydrogen (secondary N) is 1. The molecule has 2 fully saturated rings. The molecule has 0 aliphatic heterocycles. The summed E-state index contributed by atoms with van der Waals surface area (Å²) in [5.41, 5.74) is 0.926. The Bertz CT molecular complexity index is 389. The van der Waals surface area contributed by atoms with E-state index < -0.39 is 0 Å². The fourth-order valence-electron chi connectivity index (χ4n) is 3.54. The molecule has 90 valence electrons. The average molecular weight is 229 g/mol. The maximum Gasteiger partial charge on any atom is 0.227 e. The smallest absolute Gasteiger partial charge is 0.227 e. The SMILES string of the molecule is O=C(Nc1ccccc1)C1CC2CCCC2C1. The standard InChI is InChI=1S/C15H19NO/c17-15(16-14-7-2-1-3-8-14)13-9-11-5-4-6-12(11)10-13/h1-3,7-8,11-13H,4-6,9-10H2,(H,16,17). The summed E-state index contributed by atoms with van der Waals surface area (Å²) in [6.07, 6.45) is 6.30. The number of rotatable bonds is 2. The van der Waals surface area contributed by atoms with Gasteiger partial charge in [-0.3, -0.25) is 4.79 Å². The largest absolute Gasteiger partial charge is 0.326 e. The first-order valence-corrected chi connectivity index (χ1v) is 6.69. The van der Waals surface area contributed by atoms with Crippen LogP contribution in [0.3, 0.4) is 0 Å². The second kappa shape index (κ2) is 4.52. The highest BCUT2D eigenvalue weighted by atomic mass is 16.1. The van der Waals surface area contributed by atoms with Gasteiger partial charge >= 0.3 is 0 Å². The highest BCUT2D eigenvalue weighted by molar-refractivity contribution is 5.92. The average Bonchev–Trinajstić information content (AvgIpc) is 2.90. The molecule has 1 N–H and O–H groups in total. The molecule has 2 atom stereocenters. The molecule has 2 aliphatic rings. The summed E-state index contributed by atoms with van der Waals surface area (Å²) in [5, 5.41) is 3.03. The van der Waals surface area contributed by atoms with Gasteiger partial charge in [-0.15, -0.1) is 0 Å². The number of anilines is 1. The Kier molecular flexibility index (Phi) is 2.87. The van der Waals surface area contributed by atoms with Gasteiger partial charge in [0.05, 0.1) is 0 Å².